The molecule has 0 aliphatic carbocycles. The normalized spacial score (nSPS) is 14.3. The molecule has 1 aromatic heterocycles. The summed E-state index contributed by atoms with van der Waals surface area (Å²) in [6, 6.07) is 10.6. The third-order valence-corrected chi connectivity index (χ3v) is 5.50. The summed E-state index contributed by atoms with van der Waals surface area (Å²) in [5.74, 6) is -0.356. The van der Waals surface area contributed by atoms with E-state index in [9.17, 15) is 14.4 Å². The van der Waals surface area contributed by atoms with Gasteiger partial charge in [0.1, 0.15) is 5.75 Å². The molecule has 3 rings (SSSR count). The van der Waals surface area contributed by atoms with Gasteiger partial charge in [-0.1, -0.05) is 6.07 Å². The summed E-state index contributed by atoms with van der Waals surface area (Å²) in [5.41, 5.74) is 0.606. The molecule has 154 valence electrons. The molecule has 0 unspecified atom stereocenters. The molecule has 0 bridgehead atoms. The van der Waals surface area contributed by atoms with Gasteiger partial charge in [-0.2, -0.15) is 0 Å². The van der Waals surface area contributed by atoms with Gasteiger partial charge in [-0.15, -0.1) is 11.3 Å². The largest absolute Gasteiger partial charge is 0.494 e. The van der Waals surface area contributed by atoms with Crippen LogP contribution in [0.1, 0.15) is 29.4 Å². The summed E-state index contributed by atoms with van der Waals surface area (Å²) in [7, 11) is 0. The van der Waals surface area contributed by atoms with Crippen molar-refractivity contribution in [3.63, 3.8) is 0 Å². The number of esters is 1. The van der Waals surface area contributed by atoms with Crippen molar-refractivity contribution in [3.05, 3.63) is 46.7 Å². The van der Waals surface area contributed by atoms with Gasteiger partial charge in [0.2, 0.25) is 0 Å². The molecular formula is C21H24N2O5S. The van der Waals surface area contributed by atoms with E-state index in [1.807, 2.05) is 18.4 Å². The molecule has 2 amide bonds. The van der Waals surface area contributed by atoms with E-state index < -0.39 is 11.9 Å². The zero-order valence-electron chi connectivity index (χ0n) is 16.3. The SMILES string of the molecule is CCOc1ccc(NC(=O)COC(=O)C2CCN(C(=O)c3cccs3)CC2)cc1. The molecule has 29 heavy (non-hydrogen) atoms. The minimum absolute atomic E-state index is 0.00144. The topological polar surface area (TPSA) is 84.9 Å². The van der Waals surface area contributed by atoms with Crippen LogP contribution in [0.15, 0.2) is 41.8 Å². The molecule has 2 heterocycles. The molecule has 1 saturated heterocycles. The Kier molecular flexibility index (Phi) is 7.24. The van der Waals surface area contributed by atoms with Crippen molar-refractivity contribution in [2.45, 2.75) is 19.8 Å². The molecule has 1 aromatic carbocycles. The second-order valence-corrected chi connectivity index (χ2v) is 7.60. The number of hydrogen-bond donors (Lipinski definition) is 1. The van der Waals surface area contributed by atoms with Crippen molar-refractivity contribution in [2.75, 3.05) is 31.6 Å². The van der Waals surface area contributed by atoms with E-state index in [-0.39, 0.29) is 18.4 Å². The first-order valence-corrected chi connectivity index (χ1v) is 10.5. The quantitative estimate of drug-likeness (QED) is 0.701. The Morgan fingerprint density at radius 2 is 1.86 bits per heavy atom. The van der Waals surface area contributed by atoms with Crippen LogP contribution in [0.4, 0.5) is 5.69 Å². The highest BCUT2D eigenvalue weighted by atomic mass is 32.1. The second kappa shape index (κ2) is 10.1. The third kappa shape index (κ3) is 5.80. The van der Waals surface area contributed by atoms with Gasteiger partial charge in [0.15, 0.2) is 6.61 Å². The van der Waals surface area contributed by atoms with Crippen molar-refractivity contribution in [2.24, 2.45) is 5.92 Å². The maximum atomic E-state index is 12.3. The Bertz CT molecular complexity index is 827. The standard InChI is InChI=1S/C21H24N2O5S/c1-2-27-17-7-5-16(6-8-17)22-19(24)14-28-21(26)15-9-11-23(12-10-15)20(25)18-4-3-13-29-18/h3-8,13,15H,2,9-12,14H2,1H3,(H,22,24). The molecule has 1 fully saturated rings. The van der Waals surface area contributed by atoms with Crippen LogP contribution in [0.2, 0.25) is 0 Å². The first kappa shape index (κ1) is 20.9. The average Bonchev–Trinajstić information content (AvgIpc) is 3.28. The molecule has 7 nitrogen and oxygen atoms in total. The minimum Gasteiger partial charge on any atom is -0.494 e. The highest BCUT2D eigenvalue weighted by Gasteiger charge is 2.29. The molecule has 0 atom stereocenters. The summed E-state index contributed by atoms with van der Waals surface area (Å²) in [5, 5.41) is 4.55. The summed E-state index contributed by atoms with van der Waals surface area (Å²) in [6.07, 6.45) is 1.08. The van der Waals surface area contributed by atoms with Crippen LogP contribution in [-0.4, -0.2) is 49.0 Å². The number of thiophene rings is 1. The number of rotatable bonds is 7. The number of likely N-dealkylation sites (tertiary alicyclic amines) is 1. The monoisotopic (exact) mass is 416 g/mol. The maximum absolute atomic E-state index is 12.3. The van der Waals surface area contributed by atoms with Gasteiger partial charge in [0, 0.05) is 18.8 Å². The van der Waals surface area contributed by atoms with Crippen molar-refractivity contribution in [1.82, 2.24) is 4.90 Å². The third-order valence-electron chi connectivity index (χ3n) is 4.64. The fourth-order valence-electron chi connectivity index (χ4n) is 3.13. The Balaban J connectivity index is 1.39. The lowest BCUT2D eigenvalue weighted by Gasteiger charge is -2.30. The van der Waals surface area contributed by atoms with E-state index in [1.165, 1.54) is 11.3 Å². The molecule has 1 aliphatic rings. The van der Waals surface area contributed by atoms with Gasteiger partial charge in [0.25, 0.3) is 11.8 Å². The zero-order valence-corrected chi connectivity index (χ0v) is 17.1. The summed E-state index contributed by atoms with van der Waals surface area (Å²) in [4.78, 5) is 39.1. The lowest BCUT2D eigenvalue weighted by atomic mass is 9.97. The van der Waals surface area contributed by atoms with Crippen molar-refractivity contribution in [3.8, 4) is 5.75 Å². The van der Waals surface area contributed by atoms with Crippen molar-refractivity contribution >= 4 is 34.8 Å². The molecule has 8 heteroatoms. The number of hydrogen-bond acceptors (Lipinski definition) is 6. The van der Waals surface area contributed by atoms with E-state index in [0.29, 0.717) is 43.1 Å². The maximum Gasteiger partial charge on any atom is 0.309 e. The van der Waals surface area contributed by atoms with E-state index >= 15 is 0 Å². The van der Waals surface area contributed by atoms with Crippen LogP contribution in [0.25, 0.3) is 0 Å². The number of nitrogens with zero attached hydrogens (tertiary/aromatic N) is 1. The van der Waals surface area contributed by atoms with E-state index in [1.54, 1.807) is 35.2 Å². The number of nitrogens with one attached hydrogen (secondary N) is 1. The molecule has 0 radical (unpaired) electrons. The molecular weight excluding hydrogens is 392 g/mol. The first-order chi connectivity index (χ1) is 14.1. The number of anilines is 1. The highest BCUT2D eigenvalue weighted by Crippen LogP contribution is 2.22. The van der Waals surface area contributed by atoms with Crippen LogP contribution >= 0.6 is 11.3 Å². The van der Waals surface area contributed by atoms with Gasteiger partial charge in [-0.05, 0) is 55.5 Å². The highest BCUT2D eigenvalue weighted by molar-refractivity contribution is 7.12. The van der Waals surface area contributed by atoms with E-state index in [0.717, 1.165) is 5.75 Å². The molecule has 2 aromatic rings. The number of ether oxygens (including phenoxy) is 2. The summed E-state index contributed by atoms with van der Waals surface area (Å²) < 4.78 is 10.5. The van der Waals surface area contributed by atoms with Gasteiger partial charge in [0.05, 0.1) is 17.4 Å². The predicted octanol–water partition coefficient (Wildman–Crippen LogP) is 3.18. The fraction of sp³-hybridized carbons (Fsp3) is 0.381. The van der Waals surface area contributed by atoms with Crippen LogP contribution in [0.5, 0.6) is 5.75 Å². The van der Waals surface area contributed by atoms with Crippen molar-refractivity contribution in [1.29, 1.82) is 0 Å². The van der Waals surface area contributed by atoms with Crippen LogP contribution in [0, 0.1) is 5.92 Å². The van der Waals surface area contributed by atoms with Crippen LogP contribution < -0.4 is 10.1 Å². The Hall–Kier alpha value is -2.87. The molecule has 0 spiro atoms. The van der Waals surface area contributed by atoms with Crippen LogP contribution in [0.3, 0.4) is 0 Å². The number of carbonyl (C=O) groups excluding carboxylic acids is 3. The van der Waals surface area contributed by atoms with Crippen molar-refractivity contribution < 1.29 is 23.9 Å². The predicted molar refractivity (Wildman–Crippen MR) is 110 cm³/mol. The zero-order chi connectivity index (χ0) is 20.6. The Morgan fingerprint density at radius 1 is 1.14 bits per heavy atom. The minimum atomic E-state index is -0.396. The lowest BCUT2D eigenvalue weighted by Crippen LogP contribution is -2.40. The van der Waals surface area contributed by atoms with E-state index in [2.05, 4.69) is 5.32 Å². The van der Waals surface area contributed by atoms with Gasteiger partial charge < -0.3 is 19.7 Å². The van der Waals surface area contributed by atoms with Crippen LogP contribution in [-0.2, 0) is 14.3 Å². The first-order valence-electron chi connectivity index (χ1n) is 9.59. The summed E-state index contributed by atoms with van der Waals surface area (Å²) in [6.45, 7) is 3.16. The van der Waals surface area contributed by atoms with Gasteiger partial charge >= 0.3 is 5.97 Å². The number of piperidine rings is 1. The Labute approximate surface area is 173 Å². The molecule has 1 N–H and O–H groups in total. The average molecular weight is 416 g/mol. The lowest BCUT2D eigenvalue weighted by molar-refractivity contribution is -0.152. The van der Waals surface area contributed by atoms with E-state index in [4.69, 9.17) is 9.47 Å². The number of amides is 2. The smallest absolute Gasteiger partial charge is 0.309 e. The summed E-state index contributed by atoms with van der Waals surface area (Å²) >= 11 is 1.41. The fourth-order valence-corrected chi connectivity index (χ4v) is 3.82. The van der Waals surface area contributed by atoms with Gasteiger partial charge in [-0.25, -0.2) is 0 Å². The van der Waals surface area contributed by atoms with Gasteiger partial charge in [-0.3, -0.25) is 14.4 Å². The second-order valence-electron chi connectivity index (χ2n) is 6.66. The molecule has 1 aliphatic heterocycles. The number of carbonyl (C=O) groups is 3. The molecule has 0 saturated carbocycles. The number of benzene rings is 1. The Morgan fingerprint density at radius 3 is 2.48 bits per heavy atom.